The number of hydrogen-bond donors (Lipinski definition) is 3. The van der Waals surface area contributed by atoms with E-state index in [4.69, 9.17) is 0 Å². The normalized spacial score (nSPS) is 21.5. The molecular formula is C27H32N4O2. The van der Waals surface area contributed by atoms with Crippen LogP contribution in [0.2, 0.25) is 0 Å². The molecule has 0 atom stereocenters. The number of aryl methyl sites for hydroxylation is 1. The Morgan fingerprint density at radius 1 is 1.03 bits per heavy atom. The number of nitrogens with zero attached hydrogens (tertiary/aromatic N) is 1. The van der Waals surface area contributed by atoms with Crippen molar-refractivity contribution in [3.63, 3.8) is 0 Å². The van der Waals surface area contributed by atoms with Gasteiger partial charge in [-0.25, -0.2) is 0 Å². The Morgan fingerprint density at radius 2 is 1.82 bits per heavy atom. The van der Waals surface area contributed by atoms with Crippen molar-refractivity contribution in [2.24, 2.45) is 0 Å². The molecule has 0 spiro atoms. The summed E-state index contributed by atoms with van der Waals surface area (Å²) < 4.78 is 0. The summed E-state index contributed by atoms with van der Waals surface area (Å²) in [6, 6.07) is 16.7. The first kappa shape index (κ1) is 21.7. The van der Waals surface area contributed by atoms with E-state index in [-0.39, 0.29) is 24.4 Å². The predicted molar refractivity (Wildman–Crippen MR) is 130 cm³/mol. The van der Waals surface area contributed by atoms with Gasteiger partial charge >= 0.3 is 0 Å². The van der Waals surface area contributed by atoms with E-state index in [2.05, 4.69) is 51.0 Å². The molecule has 0 radical (unpaired) electrons. The Bertz CT molecular complexity index is 1140. The number of hydrogen-bond acceptors (Lipinski definition) is 3. The molecule has 3 aromatic rings. The number of benzene rings is 2. The lowest BCUT2D eigenvalue weighted by atomic mass is 9.80. The summed E-state index contributed by atoms with van der Waals surface area (Å²) in [6.07, 6.45) is 7.04. The molecule has 5 rings (SSSR count). The van der Waals surface area contributed by atoms with E-state index >= 15 is 0 Å². The summed E-state index contributed by atoms with van der Waals surface area (Å²) in [7, 11) is 0. The van der Waals surface area contributed by atoms with Crippen molar-refractivity contribution in [1.29, 1.82) is 0 Å². The van der Waals surface area contributed by atoms with Crippen LogP contribution in [0.1, 0.15) is 53.1 Å². The average molecular weight is 445 g/mol. The molecule has 1 saturated heterocycles. The van der Waals surface area contributed by atoms with Crippen LogP contribution in [0, 0.1) is 6.92 Å². The fraction of sp³-hybridized carbons (Fsp3) is 0.407. The molecule has 1 aliphatic heterocycles. The summed E-state index contributed by atoms with van der Waals surface area (Å²) in [5.74, 6) is 0.297. The largest absolute Gasteiger partial charge is 0.361 e. The molecule has 0 unspecified atom stereocenters. The van der Waals surface area contributed by atoms with Crippen LogP contribution in [-0.2, 0) is 4.79 Å². The molecule has 1 aromatic heterocycles. The molecule has 172 valence electrons. The third-order valence-electron chi connectivity index (χ3n) is 7.24. The first-order chi connectivity index (χ1) is 16.1. The molecule has 2 amide bonds. The Kier molecular flexibility index (Phi) is 6.18. The molecule has 2 fully saturated rings. The van der Waals surface area contributed by atoms with E-state index in [1.165, 1.54) is 42.1 Å². The Labute approximate surface area is 194 Å². The van der Waals surface area contributed by atoms with Crippen molar-refractivity contribution in [3.05, 3.63) is 71.4 Å². The zero-order valence-corrected chi connectivity index (χ0v) is 19.1. The third kappa shape index (κ3) is 4.81. The van der Waals surface area contributed by atoms with Gasteiger partial charge in [0.1, 0.15) is 0 Å². The topological polar surface area (TPSA) is 77.2 Å². The van der Waals surface area contributed by atoms with Crippen LogP contribution >= 0.6 is 0 Å². The Balaban J connectivity index is 1.03. The highest BCUT2D eigenvalue weighted by molar-refractivity contribution is 5.96. The highest BCUT2D eigenvalue weighted by Gasteiger charge is 2.35. The molecular weight excluding hydrogens is 412 g/mol. The quantitative estimate of drug-likeness (QED) is 0.542. The summed E-state index contributed by atoms with van der Waals surface area (Å²) in [5.41, 5.74) is 4.30. The van der Waals surface area contributed by atoms with Crippen LogP contribution in [0.5, 0.6) is 0 Å². The fourth-order valence-corrected chi connectivity index (χ4v) is 5.41. The molecule has 1 aliphatic carbocycles. The van der Waals surface area contributed by atoms with Crippen LogP contribution in [0.25, 0.3) is 10.9 Å². The maximum Gasteiger partial charge on any atom is 0.251 e. The van der Waals surface area contributed by atoms with Crippen LogP contribution in [-0.4, -0.2) is 53.4 Å². The second-order valence-corrected chi connectivity index (χ2v) is 9.57. The van der Waals surface area contributed by atoms with Crippen molar-refractivity contribution in [2.75, 3.05) is 19.6 Å². The summed E-state index contributed by atoms with van der Waals surface area (Å²) in [5, 5.41) is 7.14. The first-order valence-corrected chi connectivity index (χ1v) is 12.0. The molecule has 3 N–H and O–H groups in total. The van der Waals surface area contributed by atoms with Crippen molar-refractivity contribution in [1.82, 2.24) is 20.5 Å². The SMILES string of the molecule is Cc1cccc(C(=O)NCC(=O)NC2CN(C3CCC(c4c[nH]c5ccccc45)CC3)C2)c1. The summed E-state index contributed by atoms with van der Waals surface area (Å²) in [6.45, 7) is 3.76. The number of rotatable bonds is 6. The van der Waals surface area contributed by atoms with Crippen LogP contribution < -0.4 is 10.6 Å². The molecule has 6 nitrogen and oxygen atoms in total. The highest BCUT2D eigenvalue weighted by atomic mass is 16.2. The zero-order chi connectivity index (χ0) is 22.8. The smallest absolute Gasteiger partial charge is 0.251 e. The number of aromatic nitrogens is 1. The number of fused-ring (bicyclic) bond motifs is 1. The summed E-state index contributed by atoms with van der Waals surface area (Å²) in [4.78, 5) is 30.4. The zero-order valence-electron chi connectivity index (χ0n) is 19.1. The third-order valence-corrected chi connectivity index (χ3v) is 7.24. The van der Waals surface area contributed by atoms with Gasteiger partial charge in [-0.2, -0.15) is 0 Å². The van der Waals surface area contributed by atoms with Gasteiger partial charge in [0.25, 0.3) is 5.91 Å². The molecule has 2 heterocycles. The van der Waals surface area contributed by atoms with E-state index in [0.717, 1.165) is 18.7 Å². The fourth-order valence-electron chi connectivity index (χ4n) is 5.41. The molecule has 2 aromatic carbocycles. The van der Waals surface area contributed by atoms with Crippen LogP contribution in [0.15, 0.2) is 54.7 Å². The second-order valence-electron chi connectivity index (χ2n) is 9.57. The van der Waals surface area contributed by atoms with E-state index in [1.54, 1.807) is 6.07 Å². The number of amides is 2. The van der Waals surface area contributed by atoms with Gasteiger partial charge in [0, 0.05) is 41.8 Å². The highest BCUT2D eigenvalue weighted by Crippen LogP contribution is 2.38. The summed E-state index contributed by atoms with van der Waals surface area (Å²) >= 11 is 0. The second kappa shape index (κ2) is 9.40. The number of likely N-dealkylation sites (tertiary alicyclic amines) is 1. The number of carbonyl (C=O) groups excluding carboxylic acids is 2. The maximum atomic E-state index is 12.3. The minimum atomic E-state index is -0.212. The predicted octanol–water partition coefficient (Wildman–Crippen LogP) is 3.73. The average Bonchev–Trinajstić information content (AvgIpc) is 3.24. The molecule has 1 saturated carbocycles. The van der Waals surface area contributed by atoms with Crippen molar-refractivity contribution in [3.8, 4) is 0 Å². The Morgan fingerprint density at radius 3 is 2.61 bits per heavy atom. The monoisotopic (exact) mass is 444 g/mol. The van der Waals surface area contributed by atoms with Gasteiger partial charge in [-0.05, 0) is 62.3 Å². The standard InChI is InChI=1S/C27H32N4O2/c1-18-5-4-6-20(13-18)27(33)29-15-26(32)30-21-16-31(17-21)22-11-9-19(10-12-22)24-14-28-25-8-3-2-7-23(24)25/h2-8,13-14,19,21-22,28H,9-12,15-17H2,1H3,(H,29,33)(H,30,32). The molecule has 2 aliphatic rings. The first-order valence-electron chi connectivity index (χ1n) is 12.0. The molecule has 33 heavy (non-hydrogen) atoms. The minimum absolute atomic E-state index is 0.0129. The van der Waals surface area contributed by atoms with Gasteiger partial charge in [0.15, 0.2) is 0 Å². The van der Waals surface area contributed by atoms with Gasteiger partial charge < -0.3 is 15.6 Å². The Hall–Kier alpha value is -3.12. The number of H-pyrrole nitrogens is 1. The molecule has 0 bridgehead atoms. The lowest BCUT2D eigenvalue weighted by Crippen LogP contribution is -2.63. The van der Waals surface area contributed by atoms with Crippen LogP contribution in [0.3, 0.4) is 0 Å². The van der Waals surface area contributed by atoms with Gasteiger partial charge in [0.05, 0.1) is 12.6 Å². The maximum absolute atomic E-state index is 12.3. The van der Waals surface area contributed by atoms with Crippen LogP contribution in [0.4, 0.5) is 0 Å². The van der Waals surface area contributed by atoms with Gasteiger partial charge in [-0.1, -0.05) is 35.9 Å². The number of carbonyl (C=O) groups is 2. The number of nitrogens with one attached hydrogen (secondary N) is 3. The van der Waals surface area contributed by atoms with Crippen molar-refractivity contribution < 1.29 is 9.59 Å². The minimum Gasteiger partial charge on any atom is -0.361 e. The van der Waals surface area contributed by atoms with E-state index < -0.39 is 0 Å². The van der Waals surface area contributed by atoms with E-state index in [0.29, 0.717) is 17.5 Å². The van der Waals surface area contributed by atoms with Gasteiger partial charge in [0.2, 0.25) is 5.91 Å². The number of aromatic amines is 1. The van der Waals surface area contributed by atoms with Crippen molar-refractivity contribution in [2.45, 2.75) is 50.6 Å². The number of para-hydroxylation sites is 1. The lowest BCUT2D eigenvalue weighted by molar-refractivity contribution is -0.122. The lowest BCUT2D eigenvalue weighted by Gasteiger charge is -2.46. The van der Waals surface area contributed by atoms with Gasteiger partial charge in [-0.3, -0.25) is 14.5 Å². The molecule has 6 heteroatoms. The van der Waals surface area contributed by atoms with E-state index in [1.807, 2.05) is 25.1 Å². The van der Waals surface area contributed by atoms with E-state index in [9.17, 15) is 9.59 Å². The van der Waals surface area contributed by atoms with Crippen molar-refractivity contribution >= 4 is 22.7 Å². The van der Waals surface area contributed by atoms with Gasteiger partial charge in [-0.15, -0.1) is 0 Å².